The average molecular weight is 517 g/mol. The van der Waals surface area contributed by atoms with E-state index in [9.17, 15) is 19.7 Å². The molecule has 0 aromatic heterocycles. The van der Waals surface area contributed by atoms with Gasteiger partial charge < -0.3 is 25.2 Å². The predicted molar refractivity (Wildman–Crippen MR) is 136 cm³/mol. The van der Waals surface area contributed by atoms with Crippen LogP contribution in [0.15, 0.2) is 42.5 Å². The van der Waals surface area contributed by atoms with Crippen LogP contribution >= 0.6 is 12.2 Å². The first kappa shape index (κ1) is 25.1. The number of nitrogens with zero attached hydrogens (tertiary/aromatic N) is 4. The van der Waals surface area contributed by atoms with Gasteiger partial charge in [0.1, 0.15) is 11.9 Å². The van der Waals surface area contributed by atoms with E-state index in [0.717, 1.165) is 0 Å². The fraction of sp³-hybridized carbons (Fsp3) is 0.348. The Morgan fingerprint density at radius 1 is 1.19 bits per heavy atom. The number of amides is 3. The van der Waals surface area contributed by atoms with E-state index in [-0.39, 0.29) is 24.4 Å². The smallest absolute Gasteiger partial charge is 0.414 e. The Kier molecular flexibility index (Phi) is 7.48. The molecule has 13 heteroatoms. The lowest BCUT2D eigenvalue weighted by Gasteiger charge is -2.36. The summed E-state index contributed by atoms with van der Waals surface area (Å²) in [7, 11) is 0. The van der Waals surface area contributed by atoms with Crippen LogP contribution in [-0.4, -0.2) is 72.3 Å². The van der Waals surface area contributed by atoms with Crippen molar-refractivity contribution in [2.24, 2.45) is 0 Å². The minimum absolute atomic E-state index is 0.0609. The standard InChI is InChI=1S/C23H25FN6O5S/c1-15(36)25-13-19-14-29(23(32)35-19)18-6-7-21(20(24)12-18)27-8-10-28(11-9-27)22(31)26-16-2-4-17(5-3-16)30(33)34/h2-7,12,19H,8-11,13-14H2,1H3,(H,25,36)(H,26,31)/t19-/m0/s1. The number of nitro groups is 1. The molecular weight excluding hydrogens is 491 g/mol. The fourth-order valence-corrected chi connectivity index (χ4v) is 4.12. The van der Waals surface area contributed by atoms with Crippen LogP contribution in [0.5, 0.6) is 0 Å². The van der Waals surface area contributed by atoms with Gasteiger partial charge in [-0.05, 0) is 37.3 Å². The minimum Gasteiger partial charge on any atom is -0.442 e. The van der Waals surface area contributed by atoms with Gasteiger partial charge in [-0.15, -0.1) is 0 Å². The zero-order valence-electron chi connectivity index (χ0n) is 19.5. The van der Waals surface area contributed by atoms with Gasteiger partial charge in [0.2, 0.25) is 0 Å². The third kappa shape index (κ3) is 5.79. The molecule has 2 N–H and O–H groups in total. The first-order chi connectivity index (χ1) is 17.2. The maximum absolute atomic E-state index is 15.0. The van der Waals surface area contributed by atoms with Gasteiger partial charge in [0, 0.05) is 44.0 Å². The first-order valence-corrected chi connectivity index (χ1v) is 11.7. The van der Waals surface area contributed by atoms with E-state index >= 15 is 4.39 Å². The summed E-state index contributed by atoms with van der Waals surface area (Å²) in [6.07, 6.45) is -0.924. The van der Waals surface area contributed by atoms with Crippen molar-refractivity contribution in [1.82, 2.24) is 10.2 Å². The highest BCUT2D eigenvalue weighted by molar-refractivity contribution is 7.80. The Hall–Kier alpha value is -4.00. The number of cyclic esters (lactones) is 1. The molecule has 0 saturated carbocycles. The average Bonchev–Trinajstić information content (AvgIpc) is 3.23. The highest BCUT2D eigenvalue weighted by Gasteiger charge is 2.33. The van der Waals surface area contributed by atoms with Crippen molar-refractivity contribution < 1.29 is 23.6 Å². The summed E-state index contributed by atoms with van der Waals surface area (Å²) in [5, 5.41) is 16.4. The molecule has 2 aliphatic rings. The number of urea groups is 1. The van der Waals surface area contributed by atoms with Crippen LogP contribution in [0.4, 0.5) is 36.7 Å². The van der Waals surface area contributed by atoms with Crippen LogP contribution < -0.4 is 20.4 Å². The number of nitrogens with one attached hydrogen (secondary N) is 2. The second-order valence-electron chi connectivity index (χ2n) is 8.40. The second kappa shape index (κ2) is 10.7. The maximum Gasteiger partial charge on any atom is 0.414 e. The van der Waals surface area contributed by atoms with E-state index in [4.69, 9.17) is 17.0 Å². The topological polar surface area (TPSA) is 120 Å². The summed E-state index contributed by atoms with van der Waals surface area (Å²) >= 11 is 4.97. The summed E-state index contributed by atoms with van der Waals surface area (Å²) < 4.78 is 20.3. The number of carbonyl (C=O) groups is 2. The molecule has 2 aliphatic heterocycles. The molecule has 190 valence electrons. The Bertz CT molecular complexity index is 1170. The van der Waals surface area contributed by atoms with Crippen LogP contribution in [0.2, 0.25) is 0 Å². The Labute approximate surface area is 211 Å². The van der Waals surface area contributed by atoms with E-state index in [1.165, 1.54) is 35.2 Å². The Morgan fingerprint density at radius 2 is 1.89 bits per heavy atom. The Balaban J connectivity index is 1.32. The molecule has 11 nitrogen and oxygen atoms in total. The monoisotopic (exact) mass is 516 g/mol. The number of piperazine rings is 1. The van der Waals surface area contributed by atoms with E-state index < -0.39 is 16.8 Å². The molecule has 0 unspecified atom stereocenters. The van der Waals surface area contributed by atoms with E-state index in [2.05, 4.69) is 10.6 Å². The van der Waals surface area contributed by atoms with Gasteiger partial charge in [0.05, 0.1) is 34.4 Å². The highest BCUT2D eigenvalue weighted by atomic mass is 32.1. The maximum atomic E-state index is 15.0. The van der Waals surface area contributed by atoms with Crippen molar-refractivity contribution in [3.8, 4) is 0 Å². The molecule has 0 spiro atoms. The molecule has 0 radical (unpaired) electrons. The van der Waals surface area contributed by atoms with Gasteiger partial charge in [-0.25, -0.2) is 14.0 Å². The fourth-order valence-electron chi connectivity index (χ4n) is 4.04. The number of rotatable bonds is 6. The minimum atomic E-state index is -0.538. The summed E-state index contributed by atoms with van der Waals surface area (Å²) in [5.74, 6) is -0.472. The van der Waals surface area contributed by atoms with Gasteiger partial charge in [0.25, 0.3) is 5.69 Å². The molecular formula is C23H25FN6O5S. The van der Waals surface area contributed by atoms with Crippen LogP contribution in [0.1, 0.15) is 6.92 Å². The lowest BCUT2D eigenvalue weighted by Crippen LogP contribution is -2.50. The largest absolute Gasteiger partial charge is 0.442 e. The lowest BCUT2D eigenvalue weighted by molar-refractivity contribution is -0.384. The van der Waals surface area contributed by atoms with Crippen LogP contribution in [0.3, 0.4) is 0 Å². The number of carbonyl (C=O) groups excluding carboxylic acids is 2. The van der Waals surface area contributed by atoms with Crippen LogP contribution in [-0.2, 0) is 4.74 Å². The van der Waals surface area contributed by atoms with E-state index in [1.807, 2.05) is 4.90 Å². The number of hydrogen-bond acceptors (Lipinski definition) is 7. The number of hydrogen-bond donors (Lipinski definition) is 2. The molecule has 2 heterocycles. The van der Waals surface area contributed by atoms with Gasteiger partial charge in [-0.1, -0.05) is 12.2 Å². The van der Waals surface area contributed by atoms with Gasteiger partial charge >= 0.3 is 12.1 Å². The highest BCUT2D eigenvalue weighted by Crippen LogP contribution is 2.28. The SMILES string of the molecule is CC(=S)NC[C@H]1CN(c2ccc(N3CCN(C(=O)Nc4ccc([N+](=O)[O-])cc4)CC3)c(F)c2)C(=O)O1. The van der Waals surface area contributed by atoms with Crippen molar-refractivity contribution in [2.75, 3.05) is 54.4 Å². The summed E-state index contributed by atoms with van der Waals surface area (Å²) in [6, 6.07) is 9.85. The van der Waals surface area contributed by atoms with Crippen LogP contribution in [0, 0.1) is 15.9 Å². The molecule has 2 saturated heterocycles. The summed E-state index contributed by atoms with van der Waals surface area (Å²) in [4.78, 5) is 40.5. The number of non-ortho nitro benzene ring substituents is 1. The molecule has 3 amide bonds. The molecule has 1 atom stereocenters. The van der Waals surface area contributed by atoms with Crippen molar-refractivity contribution >= 4 is 52.1 Å². The molecule has 0 aliphatic carbocycles. The molecule has 2 fully saturated rings. The normalized spacial score (nSPS) is 17.6. The summed E-state index contributed by atoms with van der Waals surface area (Å²) in [5.41, 5.74) is 1.18. The van der Waals surface area contributed by atoms with Gasteiger partial charge in [-0.2, -0.15) is 0 Å². The number of halogens is 1. The Morgan fingerprint density at radius 3 is 2.50 bits per heavy atom. The number of nitro benzene ring substituents is 1. The number of anilines is 3. The third-order valence-corrected chi connectivity index (χ3v) is 6.08. The van der Waals surface area contributed by atoms with Crippen molar-refractivity contribution in [3.63, 3.8) is 0 Å². The lowest BCUT2D eigenvalue weighted by atomic mass is 10.2. The second-order valence-corrected chi connectivity index (χ2v) is 9.01. The molecule has 4 rings (SSSR count). The molecule has 2 aromatic rings. The number of thiocarbonyl (C=S) groups is 1. The summed E-state index contributed by atoms with van der Waals surface area (Å²) in [6.45, 7) is 3.98. The number of ether oxygens (including phenoxy) is 1. The van der Waals surface area contributed by atoms with Crippen molar-refractivity contribution in [3.05, 3.63) is 58.4 Å². The van der Waals surface area contributed by atoms with Gasteiger partial charge in [-0.3, -0.25) is 15.0 Å². The number of benzene rings is 2. The van der Waals surface area contributed by atoms with Crippen molar-refractivity contribution in [2.45, 2.75) is 13.0 Å². The zero-order chi connectivity index (χ0) is 25.8. The van der Waals surface area contributed by atoms with Crippen molar-refractivity contribution in [1.29, 1.82) is 0 Å². The predicted octanol–water partition coefficient (Wildman–Crippen LogP) is 3.35. The van der Waals surface area contributed by atoms with Crippen LogP contribution in [0.25, 0.3) is 0 Å². The quantitative estimate of drug-likeness (QED) is 0.341. The molecule has 2 aromatic carbocycles. The molecule has 0 bridgehead atoms. The molecule has 36 heavy (non-hydrogen) atoms. The first-order valence-electron chi connectivity index (χ1n) is 11.3. The zero-order valence-corrected chi connectivity index (χ0v) is 20.3. The van der Waals surface area contributed by atoms with E-state index in [1.54, 1.807) is 24.0 Å². The van der Waals surface area contributed by atoms with E-state index in [0.29, 0.717) is 54.8 Å². The van der Waals surface area contributed by atoms with Gasteiger partial charge in [0.15, 0.2) is 0 Å². The third-order valence-electron chi connectivity index (χ3n) is 5.93.